The van der Waals surface area contributed by atoms with Gasteiger partial charge in [-0.2, -0.15) is 0 Å². The summed E-state index contributed by atoms with van der Waals surface area (Å²) in [7, 11) is 0. The van der Waals surface area contributed by atoms with Crippen molar-refractivity contribution in [1.82, 2.24) is 0 Å². The lowest BCUT2D eigenvalue weighted by Crippen LogP contribution is -2.52. The fourth-order valence-corrected chi connectivity index (χ4v) is 2.40. The number of carboxylic acids is 1. The molecule has 1 saturated carbocycles. The Kier molecular flexibility index (Phi) is 3.85. The Hall–Kier alpha value is -1.88. The number of carbonyl (C=O) groups is 2. The molecule has 5 heteroatoms. The highest BCUT2D eigenvalue weighted by Gasteiger charge is 2.35. The topological polar surface area (TPSA) is 92.4 Å². The Morgan fingerprint density at radius 2 is 1.89 bits per heavy atom. The van der Waals surface area contributed by atoms with Gasteiger partial charge in [-0.1, -0.05) is 25.3 Å². The van der Waals surface area contributed by atoms with E-state index in [4.69, 9.17) is 10.8 Å². The number of anilines is 1. The van der Waals surface area contributed by atoms with Crippen LogP contribution in [0.25, 0.3) is 0 Å². The van der Waals surface area contributed by atoms with Gasteiger partial charge in [0.1, 0.15) is 0 Å². The van der Waals surface area contributed by atoms with Crippen LogP contribution in [0.2, 0.25) is 0 Å². The van der Waals surface area contributed by atoms with Crippen LogP contribution in [0.15, 0.2) is 24.3 Å². The molecule has 1 aromatic carbocycles. The van der Waals surface area contributed by atoms with E-state index in [1.54, 1.807) is 12.1 Å². The number of rotatable bonds is 3. The zero-order chi connectivity index (χ0) is 13.9. The number of carbonyl (C=O) groups excluding carboxylic acids is 1. The minimum Gasteiger partial charge on any atom is -0.478 e. The molecule has 0 heterocycles. The van der Waals surface area contributed by atoms with Crippen molar-refractivity contribution in [3.63, 3.8) is 0 Å². The number of hydrogen-bond donors (Lipinski definition) is 3. The normalized spacial score (nSPS) is 17.7. The van der Waals surface area contributed by atoms with Gasteiger partial charge in [-0.15, -0.1) is 0 Å². The average Bonchev–Trinajstić information content (AvgIpc) is 2.40. The Morgan fingerprint density at radius 1 is 1.21 bits per heavy atom. The minimum atomic E-state index is -1.02. The quantitative estimate of drug-likeness (QED) is 0.776. The molecular formula is C14H18N2O3. The van der Waals surface area contributed by atoms with Gasteiger partial charge in [-0.3, -0.25) is 4.79 Å². The van der Waals surface area contributed by atoms with Crippen LogP contribution in [-0.2, 0) is 4.79 Å². The van der Waals surface area contributed by atoms with Crippen LogP contribution in [-0.4, -0.2) is 22.5 Å². The van der Waals surface area contributed by atoms with Crippen LogP contribution < -0.4 is 11.1 Å². The Bertz CT molecular complexity index is 493. The molecule has 0 atom stereocenters. The molecule has 1 aliphatic rings. The van der Waals surface area contributed by atoms with E-state index in [2.05, 4.69) is 5.32 Å². The lowest BCUT2D eigenvalue weighted by molar-refractivity contribution is -0.122. The van der Waals surface area contributed by atoms with Crippen LogP contribution >= 0.6 is 0 Å². The minimum absolute atomic E-state index is 0.146. The number of nitrogens with one attached hydrogen (secondary N) is 1. The second-order valence-electron chi connectivity index (χ2n) is 5.06. The van der Waals surface area contributed by atoms with Gasteiger partial charge in [0.25, 0.3) is 0 Å². The lowest BCUT2D eigenvalue weighted by atomic mass is 9.82. The molecule has 19 heavy (non-hydrogen) atoms. The Morgan fingerprint density at radius 3 is 2.53 bits per heavy atom. The molecule has 0 unspecified atom stereocenters. The second-order valence-corrected chi connectivity index (χ2v) is 5.06. The fourth-order valence-electron chi connectivity index (χ4n) is 2.40. The molecule has 1 fully saturated rings. The molecule has 0 spiro atoms. The van der Waals surface area contributed by atoms with E-state index in [0.29, 0.717) is 18.5 Å². The Balaban J connectivity index is 2.10. The van der Waals surface area contributed by atoms with Crippen LogP contribution in [0, 0.1) is 0 Å². The van der Waals surface area contributed by atoms with Crippen LogP contribution in [0.1, 0.15) is 42.5 Å². The number of aromatic carboxylic acids is 1. The van der Waals surface area contributed by atoms with Gasteiger partial charge in [-0.25, -0.2) is 4.79 Å². The number of hydrogen-bond acceptors (Lipinski definition) is 3. The van der Waals surface area contributed by atoms with Gasteiger partial charge in [0, 0.05) is 5.69 Å². The van der Waals surface area contributed by atoms with E-state index in [1.807, 2.05) is 0 Å². The number of amides is 1. The molecular weight excluding hydrogens is 244 g/mol. The van der Waals surface area contributed by atoms with Crippen molar-refractivity contribution in [3.05, 3.63) is 29.8 Å². The molecule has 1 amide bonds. The zero-order valence-electron chi connectivity index (χ0n) is 10.7. The van der Waals surface area contributed by atoms with E-state index < -0.39 is 11.5 Å². The van der Waals surface area contributed by atoms with Gasteiger partial charge in [0.2, 0.25) is 5.91 Å². The summed E-state index contributed by atoms with van der Waals surface area (Å²) >= 11 is 0. The van der Waals surface area contributed by atoms with Gasteiger partial charge < -0.3 is 16.2 Å². The highest BCUT2D eigenvalue weighted by atomic mass is 16.4. The van der Waals surface area contributed by atoms with Gasteiger partial charge >= 0.3 is 5.97 Å². The Labute approximate surface area is 111 Å². The summed E-state index contributed by atoms with van der Waals surface area (Å²) in [6, 6.07) is 6.18. The van der Waals surface area contributed by atoms with Crippen molar-refractivity contribution in [2.45, 2.75) is 37.6 Å². The molecule has 0 saturated heterocycles. The first-order valence-corrected chi connectivity index (χ1v) is 6.45. The molecule has 4 N–H and O–H groups in total. The number of benzene rings is 1. The van der Waals surface area contributed by atoms with Crippen molar-refractivity contribution in [2.24, 2.45) is 5.73 Å². The first kappa shape index (κ1) is 13.5. The van der Waals surface area contributed by atoms with Crippen molar-refractivity contribution in [3.8, 4) is 0 Å². The lowest BCUT2D eigenvalue weighted by Gasteiger charge is -2.31. The molecule has 2 rings (SSSR count). The fraction of sp³-hybridized carbons (Fsp3) is 0.429. The highest BCUT2D eigenvalue weighted by molar-refractivity contribution is 5.99. The van der Waals surface area contributed by atoms with Gasteiger partial charge in [0.15, 0.2) is 0 Å². The van der Waals surface area contributed by atoms with E-state index in [1.165, 1.54) is 12.1 Å². The smallest absolute Gasteiger partial charge is 0.335 e. The third-order valence-electron chi connectivity index (χ3n) is 3.57. The van der Waals surface area contributed by atoms with Crippen molar-refractivity contribution in [1.29, 1.82) is 0 Å². The monoisotopic (exact) mass is 262 g/mol. The number of carboxylic acid groups (broad SMARTS) is 1. The third-order valence-corrected chi connectivity index (χ3v) is 3.57. The second kappa shape index (κ2) is 5.40. The maximum absolute atomic E-state index is 12.2. The molecule has 0 bridgehead atoms. The summed E-state index contributed by atoms with van der Waals surface area (Å²) in [5.74, 6) is -1.24. The predicted octanol–water partition coefficient (Wildman–Crippen LogP) is 1.98. The zero-order valence-corrected chi connectivity index (χ0v) is 10.7. The standard InChI is InChI=1S/C14H18N2O3/c15-14(7-2-1-3-8-14)13(19)16-11-6-4-5-10(9-11)12(17)18/h4-6,9H,1-3,7-8,15H2,(H,16,19)(H,17,18). The molecule has 1 aromatic rings. The van der Waals surface area contributed by atoms with Crippen LogP contribution in [0.4, 0.5) is 5.69 Å². The van der Waals surface area contributed by atoms with Crippen molar-refractivity contribution in [2.75, 3.05) is 5.32 Å². The maximum atomic E-state index is 12.2. The molecule has 102 valence electrons. The summed E-state index contributed by atoms with van der Waals surface area (Å²) in [5.41, 5.74) is 5.92. The number of nitrogens with two attached hydrogens (primary N) is 1. The first-order valence-electron chi connectivity index (χ1n) is 6.45. The van der Waals surface area contributed by atoms with Crippen LogP contribution in [0.5, 0.6) is 0 Å². The third kappa shape index (κ3) is 3.12. The van der Waals surface area contributed by atoms with E-state index in [9.17, 15) is 9.59 Å². The van der Waals surface area contributed by atoms with Crippen LogP contribution in [0.3, 0.4) is 0 Å². The SMILES string of the molecule is NC1(C(=O)Nc2cccc(C(=O)O)c2)CCCCC1. The summed E-state index contributed by atoms with van der Waals surface area (Å²) in [5, 5.41) is 11.6. The summed E-state index contributed by atoms with van der Waals surface area (Å²) in [6.45, 7) is 0. The summed E-state index contributed by atoms with van der Waals surface area (Å²) in [6.07, 6.45) is 4.38. The summed E-state index contributed by atoms with van der Waals surface area (Å²) < 4.78 is 0. The molecule has 0 radical (unpaired) electrons. The van der Waals surface area contributed by atoms with E-state index in [0.717, 1.165) is 19.3 Å². The average molecular weight is 262 g/mol. The van der Waals surface area contributed by atoms with E-state index in [-0.39, 0.29) is 11.5 Å². The van der Waals surface area contributed by atoms with Gasteiger partial charge in [-0.05, 0) is 31.0 Å². The largest absolute Gasteiger partial charge is 0.478 e. The summed E-state index contributed by atoms with van der Waals surface area (Å²) in [4.78, 5) is 23.1. The van der Waals surface area contributed by atoms with E-state index >= 15 is 0 Å². The molecule has 0 aromatic heterocycles. The molecule has 1 aliphatic carbocycles. The predicted molar refractivity (Wildman–Crippen MR) is 72.0 cm³/mol. The highest BCUT2D eigenvalue weighted by Crippen LogP contribution is 2.27. The first-order chi connectivity index (χ1) is 9.01. The maximum Gasteiger partial charge on any atom is 0.335 e. The van der Waals surface area contributed by atoms with Crippen molar-refractivity contribution < 1.29 is 14.7 Å². The van der Waals surface area contributed by atoms with Crippen molar-refractivity contribution >= 4 is 17.6 Å². The van der Waals surface area contributed by atoms with Gasteiger partial charge in [0.05, 0.1) is 11.1 Å². The molecule has 5 nitrogen and oxygen atoms in total. The molecule has 0 aliphatic heterocycles.